The van der Waals surface area contributed by atoms with Crippen molar-refractivity contribution < 1.29 is 4.79 Å². The zero-order valence-electron chi connectivity index (χ0n) is 18.8. The van der Waals surface area contributed by atoms with Gasteiger partial charge in [0.1, 0.15) is 6.07 Å². The fourth-order valence-electron chi connectivity index (χ4n) is 5.02. The first-order valence-electron chi connectivity index (χ1n) is 11.6. The normalized spacial score (nSPS) is 15.5. The maximum Gasteiger partial charge on any atom is 0.228 e. The van der Waals surface area contributed by atoms with Crippen molar-refractivity contribution in [1.82, 2.24) is 10.2 Å². The number of amides is 1. The van der Waals surface area contributed by atoms with Crippen molar-refractivity contribution in [3.05, 3.63) is 78.0 Å². The number of fused-ring (bicyclic) bond motifs is 2. The number of hydrogen-bond donors (Lipinski definition) is 1. The second kappa shape index (κ2) is 7.96. The molecule has 0 spiro atoms. The molecule has 0 saturated heterocycles. The maximum absolute atomic E-state index is 12.0. The molecule has 0 radical (unpaired) electrons. The van der Waals surface area contributed by atoms with Crippen molar-refractivity contribution in [2.75, 3.05) is 10.2 Å². The van der Waals surface area contributed by atoms with E-state index in [9.17, 15) is 10.1 Å². The van der Waals surface area contributed by atoms with Crippen molar-refractivity contribution in [3.8, 4) is 17.2 Å². The smallest absolute Gasteiger partial charge is 0.228 e. The predicted octanol–water partition coefficient (Wildman–Crippen LogP) is 5.60. The van der Waals surface area contributed by atoms with Gasteiger partial charge in [-0.2, -0.15) is 5.26 Å². The Hall–Kier alpha value is -4.24. The van der Waals surface area contributed by atoms with Crippen molar-refractivity contribution in [2.45, 2.75) is 32.2 Å². The minimum Gasteiger partial charge on any atom is -0.335 e. The number of nitrogens with zero attached hydrogens (tertiary/aromatic N) is 4. The Morgan fingerprint density at radius 2 is 1.88 bits per heavy atom. The predicted molar refractivity (Wildman–Crippen MR) is 133 cm³/mol. The molecule has 1 aliphatic carbocycles. The lowest BCUT2D eigenvalue weighted by Gasteiger charge is -2.32. The molecule has 1 atom stereocenters. The number of aromatic nitrogens is 2. The van der Waals surface area contributed by atoms with Crippen molar-refractivity contribution in [2.24, 2.45) is 5.92 Å². The van der Waals surface area contributed by atoms with Crippen LogP contribution in [0.15, 0.2) is 66.7 Å². The number of nitriles is 1. The third-order valence-electron chi connectivity index (χ3n) is 6.90. The largest absolute Gasteiger partial charge is 0.335 e. The summed E-state index contributed by atoms with van der Waals surface area (Å²) in [4.78, 5) is 14.2. The average Bonchev–Trinajstić information content (AvgIpc) is 3.64. The fourth-order valence-corrected chi connectivity index (χ4v) is 5.02. The van der Waals surface area contributed by atoms with Crippen LogP contribution in [0.3, 0.4) is 0 Å². The molecule has 0 bridgehead atoms. The molecular formula is C28H23N5O. The van der Waals surface area contributed by atoms with Crippen LogP contribution < -0.4 is 10.2 Å². The van der Waals surface area contributed by atoms with E-state index in [0.29, 0.717) is 18.0 Å². The van der Waals surface area contributed by atoms with Gasteiger partial charge in [-0.3, -0.25) is 4.79 Å². The van der Waals surface area contributed by atoms with Crippen LogP contribution in [-0.2, 0) is 11.2 Å². The van der Waals surface area contributed by atoms with Gasteiger partial charge < -0.3 is 10.2 Å². The number of hydrogen-bond acceptors (Lipinski definition) is 5. The van der Waals surface area contributed by atoms with Crippen molar-refractivity contribution >= 4 is 33.9 Å². The minimum absolute atomic E-state index is 0.0107. The topological polar surface area (TPSA) is 81.9 Å². The van der Waals surface area contributed by atoms with Crippen molar-refractivity contribution in [3.63, 3.8) is 0 Å². The van der Waals surface area contributed by atoms with Gasteiger partial charge >= 0.3 is 0 Å². The highest BCUT2D eigenvalue weighted by atomic mass is 16.1. The van der Waals surface area contributed by atoms with Gasteiger partial charge in [0.05, 0.1) is 23.3 Å². The Morgan fingerprint density at radius 3 is 2.65 bits per heavy atom. The molecule has 3 aromatic carbocycles. The number of rotatable bonds is 5. The van der Waals surface area contributed by atoms with E-state index >= 15 is 0 Å². The quantitative estimate of drug-likeness (QED) is 0.432. The summed E-state index contributed by atoms with van der Waals surface area (Å²) < 4.78 is 0. The lowest BCUT2D eigenvalue weighted by Crippen LogP contribution is -2.31. The number of carbonyl (C=O) groups excluding carboxylic acids is 1. The number of nitrogens with one attached hydrogen (secondary N) is 1. The molecule has 6 nitrogen and oxygen atoms in total. The van der Waals surface area contributed by atoms with Crippen LogP contribution in [0.5, 0.6) is 0 Å². The van der Waals surface area contributed by atoms with E-state index in [4.69, 9.17) is 0 Å². The highest BCUT2D eigenvalue weighted by molar-refractivity contribution is 6.05. The van der Waals surface area contributed by atoms with Crippen LogP contribution in [-0.4, -0.2) is 22.1 Å². The summed E-state index contributed by atoms with van der Waals surface area (Å²) in [6.07, 6.45) is 2.78. The fraction of sp³-hybridized carbons (Fsp3) is 0.214. The van der Waals surface area contributed by atoms with Gasteiger partial charge in [0.2, 0.25) is 5.91 Å². The zero-order valence-corrected chi connectivity index (χ0v) is 18.8. The summed E-state index contributed by atoms with van der Waals surface area (Å²) in [5, 5.41) is 22.6. The first kappa shape index (κ1) is 20.4. The SMILES string of the molecule is C[C@H](C1CC1)N(c1ccccc1)c1c(C#N)nnc2cc(-c3cccc4c3NC(=O)C4)ccc12. The van der Waals surface area contributed by atoms with E-state index in [-0.39, 0.29) is 11.9 Å². The first-order valence-corrected chi connectivity index (χ1v) is 11.6. The molecule has 1 N–H and O–H groups in total. The molecular weight excluding hydrogens is 422 g/mol. The second-order valence-electron chi connectivity index (χ2n) is 9.09. The van der Waals surface area contributed by atoms with Gasteiger partial charge in [0.15, 0.2) is 5.69 Å². The number of anilines is 3. The zero-order chi connectivity index (χ0) is 23.2. The number of para-hydroxylation sites is 2. The molecule has 6 rings (SSSR count). The van der Waals surface area contributed by atoms with Gasteiger partial charge in [-0.1, -0.05) is 42.5 Å². The number of benzene rings is 3. The Kier molecular flexibility index (Phi) is 4.77. The lowest BCUT2D eigenvalue weighted by molar-refractivity contribution is -0.115. The van der Waals surface area contributed by atoms with Gasteiger partial charge in [-0.15, -0.1) is 10.2 Å². The van der Waals surface area contributed by atoms with Gasteiger partial charge in [0.25, 0.3) is 0 Å². The molecule has 1 saturated carbocycles. The highest BCUT2D eigenvalue weighted by Crippen LogP contribution is 2.44. The summed E-state index contributed by atoms with van der Waals surface area (Å²) in [5.74, 6) is 0.598. The van der Waals surface area contributed by atoms with E-state index in [2.05, 4.69) is 45.5 Å². The second-order valence-corrected chi connectivity index (χ2v) is 9.09. The molecule has 4 aromatic rings. The summed E-state index contributed by atoms with van der Waals surface area (Å²) >= 11 is 0. The lowest BCUT2D eigenvalue weighted by atomic mass is 9.98. The first-order chi connectivity index (χ1) is 16.6. The average molecular weight is 446 g/mol. The highest BCUT2D eigenvalue weighted by Gasteiger charge is 2.35. The standard InChI is InChI=1S/C28H23N5O/c1-17(18-10-11-18)33(21-7-3-2-4-8-21)28-23-13-12-19(14-24(23)31-32-25(28)16-29)22-9-5-6-20-15-26(34)30-27(20)22/h2-9,12-14,17-18H,10-11,15H2,1H3,(H,30,34)/t17-/m1/s1. The van der Waals surface area contributed by atoms with E-state index in [1.807, 2.05) is 54.6 Å². The van der Waals surface area contributed by atoms with E-state index in [1.54, 1.807) is 0 Å². The van der Waals surface area contributed by atoms with Crippen molar-refractivity contribution in [1.29, 1.82) is 5.26 Å². The maximum atomic E-state index is 12.0. The molecule has 166 valence electrons. The van der Waals surface area contributed by atoms with Crippen LogP contribution in [0.2, 0.25) is 0 Å². The van der Waals surface area contributed by atoms with E-state index < -0.39 is 0 Å². The molecule has 2 aliphatic rings. The van der Waals surface area contributed by atoms with Crippen LogP contribution in [0.4, 0.5) is 17.1 Å². The molecule has 6 heteroatoms. The van der Waals surface area contributed by atoms with E-state index in [1.165, 1.54) is 12.8 Å². The molecule has 34 heavy (non-hydrogen) atoms. The Balaban J connectivity index is 1.53. The Morgan fingerprint density at radius 1 is 1.06 bits per heavy atom. The summed E-state index contributed by atoms with van der Waals surface area (Å²) in [7, 11) is 0. The van der Waals surface area contributed by atoms with Gasteiger partial charge in [-0.05, 0) is 61.1 Å². The van der Waals surface area contributed by atoms with Crippen LogP contribution in [0, 0.1) is 17.2 Å². The molecule has 1 amide bonds. The molecule has 1 fully saturated rings. The minimum atomic E-state index is 0.0107. The molecule has 0 unspecified atom stereocenters. The third-order valence-corrected chi connectivity index (χ3v) is 6.90. The third kappa shape index (κ3) is 3.37. The van der Waals surface area contributed by atoms with Crippen LogP contribution in [0.1, 0.15) is 31.0 Å². The van der Waals surface area contributed by atoms with E-state index in [0.717, 1.165) is 44.7 Å². The van der Waals surface area contributed by atoms with Crippen LogP contribution in [0.25, 0.3) is 22.0 Å². The Bertz CT molecular complexity index is 1470. The Labute approximate surface area is 197 Å². The van der Waals surface area contributed by atoms with Crippen LogP contribution >= 0.6 is 0 Å². The molecule has 1 aromatic heterocycles. The number of carbonyl (C=O) groups is 1. The van der Waals surface area contributed by atoms with Gasteiger partial charge in [-0.25, -0.2) is 0 Å². The molecule has 2 heterocycles. The van der Waals surface area contributed by atoms with Gasteiger partial charge in [0, 0.05) is 22.7 Å². The monoisotopic (exact) mass is 445 g/mol. The summed E-state index contributed by atoms with van der Waals surface area (Å²) in [6, 6.07) is 24.7. The molecule has 1 aliphatic heterocycles. The summed E-state index contributed by atoms with van der Waals surface area (Å²) in [5.41, 5.74) is 6.67. The summed E-state index contributed by atoms with van der Waals surface area (Å²) in [6.45, 7) is 2.22.